The molecule has 1 aromatic heterocycles. The number of aromatic nitrogens is 1. The lowest BCUT2D eigenvalue weighted by molar-refractivity contribution is -0.122. The number of carboxylic acids is 1. The highest BCUT2D eigenvalue weighted by Crippen LogP contribution is 2.37. The number of carboxylic acid groups (broad SMARTS) is 1. The number of halogens is 1. The Hall–Kier alpha value is -3.71. The van der Waals surface area contributed by atoms with E-state index in [1.807, 2.05) is 0 Å². The first-order chi connectivity index (χ1) is 17.7. The molecule has 0 saturated heterocycles. The van der Waals surface area contributed by atoms with Crippen LogP contribution in [0.5, 0.6) is 5.75 Å². The van der Waals surface area contributed by atoms with E-state index in [4.69, 9.17) is 21.4 Å². The Balaban J connectivity index is 1.73. The number of ketones is 2. The average molecular weight is 522 g/mol. The first-order valence-corrected chi connectivity index (χ1v) is 12.5. The molecule has 37 heavy (non-hydrogen) atoms. The first kappa shape index (κ1) is 26.4. The van der Waals surface area contributed by atoms with Gasteiger partial charge in [0.05, 0.1) is 24.9 Å². The molecule has 0 unspecified atom stereocenters. The predicted octanol–water partition coefficient (Wildman–Crippen LogP) is 5.62. The lowest BCUT2D eigenvalue weighted by Gasteiger charge is -2.30. The van der Waals surface area contributed by atoms with E-state index in [9.17, 15) is 19.2 Å². The lowest BCUT2D eigenvalue weighted by atomic mass is 9.79. The topological polar surface area (TPSA) is 103 Å². The number of Topliss-reactive ketones (excluding diaryl/α,β-unsaturated/α-hetero) is 2. The molecular formula is C29H28ClNO6. The van der Waals surface area contributed by atoms with Gasteiger partial charge in [-0.15, -0.1) is 0 Å². The number of pyridine rings is 1. The summed E-state index contributed by atoms with van der Waals surface area (Å²) in [5.74, 6) is -0.657. The quantitative estimate of drug-likeness (QED) is 0.347. The van der Waals surface area contributed by atoms with Crippen LogP contribution in [-0.2, 0) is 11.2 Å². The zero-order valence-electron chi connectivity index (χ0n) is 20.7. The molecule has 1 N–H and O–H groups in total. The Morgan fingerprint density at radius 3 is 2.35 bits per heavy atom. The van der Waals surface area contributed by atoms with E-state index in [1.54, 1.807) is 30.3 Å². The molecule has 3 aromatic rings. The second-order valence-electron chi connectivity index (χ2n) is 9.44. The fourth-order valence-electron chi connectivity index (χ4n) is 4.72. The first-order valence-electron chi connectivity index (χ1n) is 12.1. The molecule has 4 rings (SSSR count). The highest BCUT2D eigenvalue weighted by atomic mass is 35.5. The van der Waals surface area contributed by atoms with Gasteiger partial charge in [0.15, 0.2) is 11.6 Å². The molecule has 1 atom stereocenters. The Morgan fingerprint density at radius 1 is 1.08 bits per heavy atom. The van der Waals surface area contributed by atoms with Crippen LogP contribution in [0.4, 0.5) is 0 Å². The normalized spacial score (nSPS) is 14.0. The molecule has 1 aliphatic rings. The summed E-state index contributed by atoms with van der Waals surface area (Å²) in [7, 11) is 1.47. The monoisotopic (exact) mass is 521 g/mol. The lowest BCUT2D eigenvalue weighted by Crippen LogP contribution is -2.33. The highest BCUT2D eigenvalue weighted by Gasteiger charge is 2.29. The highest BCUT2D eigenvalue weighted by molar-refractivity contribution is 6.31. The van der Waals surface area contributed by atoms with Gasteiger partial charge in [-0.25, -0.2) is 4.79 Å². The van der Waals surface area contributed by atoms with Crippen LogP contribution >= 0.6 is 11.6 Å². The SMILES string of the molecule is COc1cn([C@@H](CC2CCC2)C(=O)Cc2ccc(C(=O)O)cc2)c(=O)cc1-c1cc(Cl)ccc1C(C)=O. The molecule has 8 heteroatoms. The third-order valence-electron chi connectivity index (χ3n) is 6.98. The standard InChI is InChI=1S/C29H28ClNO6/c1-17(32)22-11-10-21(30)14-23(22)24-15-28(34)31(16-27(24)37-2)25(12-18-4-3-5-18)26(33)13-19-6-8-20(9-7-19)29(35)36/h6-11,14-16,18,25H,3-5,12-13H2,1-2H3,(H,35,36)/t25-/m0/s1. The van der Waals surface area contributed by atoms with Crippen LogP contribution in [0.3, 0.4) is 0 Å². The summed E-state index contributed by atoms with van der Waals surface area (Å²) < 4.78 is 7.04. The molecule has 1 aliphatic carbocycles. The van der Waals surface area contributed by atoms with Crippen molar-refractivity contribution in [2.45, 2.75) is 45.1 Å². The summed E-state index contributed by atoms with van der Waals surface area (Å²) in [5, 5.41) is 9.55. The van der Waals surface area contributed by atoms with Gasteiger partial charge < -0.3 is 14.4 Å². The van der Waals surface area contributed by atoms with Crippen LogP contribution in [0.25, 0.3) is 11.1 Å². The van der Waals surface area contributed by atoms with Gasteiger partial charge in [0.25, 0.3) is 5.56 Å². The van der Waals surface area contributed by atoms with E-state index in [1.165, 1.54) is 43.0 Å². The predicted molar refractivity (Wildman–Crippen MR) is 141 cm³/mol. The number of carbonyl (C=O) groups is 3. The molecule has 1 fully saturated rings. The van der Waals surface area contributed by atoms with Gasteiger partial charge in [-0.1, -0.05) is 43.0 Å². The largest absolute Gasteiger partial charge is 0.495 e. The van der Waals surface area contributed by atoms with Crippen molar-refractivity contribution in [1.29, 1.82) is 0 Å². The van der Waals surface area contributed by atoms with E-state index in [0.29, 0.717) is 45.4 Å². The molecule has 0 amide bonds. The summed E-state index contributed by atoms with van der Waals surface area (Å²) in [6.07, 6.45) is 5.25. The number of rotatable bonds is 10. The van der Waals surface area contributed by atoms with E-state index < -0.39 is 12.0 Å². The maximum atomic E-state index is 13.5. The maximum absolute atomic E-state index is 13.5. The van der Waals surface area contributed by atoms with Crippen molar-refractivity contribution < 1.29 is 24.2 Å². The smallest absolute Gasteiger partial charge is 0.335 e. The van der Waals surface area contributed by atoms with Crippen molar-refractivity contribution in [2.24, 2.45) is 5.92 Å². The van der Waals surface area contributed by atoms with Crippen molar-refractivity contribution in [1.82, 2.24) is 4.57 Å². The van der Waals surface area contributed by atoms with Crippen molar-refractivity contribution in [2.75, 3.05) is 7.11 Å². The minimum Gasteiger partial charge on any atom is -0.495 e. The average Bonchev–Trinajstić information content (AvgIpc) is 2.83. The Bertz CT molecular complexity index is 1400. The number of hydrogen-bond donors (Lipinski definition) is 1. The molecule has 2 aromatic carbocycles. The van der Waals surface area contributed by atoms with Crippen molar-refractivity contribution in [3.05, 3.63) is 86.8 Å². The Labute approximate surface area is 219 Å². The van der Waals surface area contributed by atoms with Crippen LogP contribution < -0.4 is 10.3 Å². The Kier molecular flexibility index (Phi) is 7.93. The van der Waals surface area contributed by atoms with E-state index >= 15 is 0 Å². The minimum absolute atomic E-state index is 0.0660. The van der Waals surface area contributed by atoms with E-state index in [0.717, 1.165) is 19.3 Å². The van der Waals surface area contributed by atoms with Crippen molar-refractivity contribution in [3.63, 3.8) is 0 Å². The zero-order chi connectivity index (χ0) is 26.7. The van der Waals surface area contributed by atoms with Gasteiger partial charge in [-0.2, -0.15) is 0 Å². The van der Waals surface area contributed by atoms with Crippen molar-refractivity contribution in [3.8, 4) is 16.9 Å². The molecule has 7 nitrogen and oxygen atoms in total. The zero-order valence-corrected chi connectivity index (χ0v) is 21.5. The molecule has 192 valence electrons. The summed E-state index contributed by atoms with van der Waals surface area (Å²) in [6.45, 7) is 1.44. The van der Waals surface area contributed by atoms with Gasteiger partial charge in [0, 0.05) is 28.6 Å². The van der Waals surface area contributed by atoms with Gasteiger partial charge in [-0.05, 0) is 60.7 Å². The Morgan fingerprint density at radius 2 is 1.78 bits per heavy atom. The van der Waals surface area contributed by atoms with Crippen molar-refractivity contribution >= 4 is 29.1 Å². The van der Waals surface area contributed by atoms with Crippen LogP contribution in [0.1, 0.15) is 64.9 Å². The summed E-state index contributed by atoms with van der Waals surface area (Å²) in [4.78, 5) is 50.3. The summed E-state index contributed by atoms with van der Waals surface area (Å²) in [5.41, 5.74) is 1.76. The number of aromatic carboxylic acids is 1. The molecular weight excluding hydrogens is 494 g/mol. The molecule has 0 aliphatic heterocycles. The van der Waals surface area contributed by atoms with Crippen LogP contribution in [0, 0.1) is 5.92 Å². The minimum atomic E-state index is -1.04. The number of carbonyl (C=O) groups excluding carboxylic acids is 2. The molecule has 1 saturated carbocycles. The molecule has 0 spiro atoms. The number of benzene rings is 2. The number of methoxy groups -OCH3 is 1. The third-order valence-corrected chi connectivity index (χ3v) is 7.22. The van der Waals surface area contributed by atoms with E-state index in [-0.39, 0.29) is 29.1 Å². The number of hydrogen-bond acceptors (Lipinski definition) is 5. The fourth-order valence-corrected chi connectivity index (χ4v) is 4.89. The van der Waals surface area contributed by atoms with Gasteiger partial charge >= 0.3 is 5.97 Å². The fraction of sp³-hybridized carbons (Fsp3) is 0.310. The number of nitrogens with zero attached hydrogens (tertiary/aromatic N) is 1. The maximum Gasteiger partial charge on any atom is 0.335 e. The molecule has 1 heterocycles. The second-order valence-corrected chi connectivity index (χ2v) is 9.88. The van der Waals surface area contributed by atoms with Gasteiger partial charge in [0.2, 0.25) is 0 Å². The molecule has 0 bridgehead atoms. The summed E-state index contributed by atoms with van der Waals surface area (Å²) in [6, 6.07) is 11.7. The second kappa shape index (κ2) is 11.1. The van der Waals surface area contributed by atoms with E-state index in [2.05, 4.69) is 0 Å². The molecule has 0 radical (unpaired) electrons. The summed E-state index contributed by atoms with van der Waals surface area (Å²) >= 11 is 6.20. The number of ether oxygens (including phenoxy) is 1. The van der Waals surface area contributed by atoms with Crippen LogP contribution in [0.2, 0.25) is 5.02 Å². The van der Waals surface area contributed by atoms with Gasteiger partial charge in [-0.3, -0.25) is 14.4 Å². The van der Waals surface area contributed by atoms with Crippen LogP contribution in [-0.4, -0.2) is 34.3 Å². The third kappa shape index (κ3) is 5.83. The van der Waals surface area contributed by atoms with Gasteiger partial charge in [0.1, 0.15) is 5.75 Å². The van der Waals surface area contributed by atoms with Crippen LogP contribution in [0.15, 0.2) is 59.5 Å².